The number of carboxylic acids is 1. The van der Waals surface area contributed by atoms with Crippen LogP contribution in [-0.4, -0.2) is 26.6 Å². The van der Waals surface area contributed by atoms with Crippen LogP contribution in [0.1, 0.15) is 15.9 Å². The molecule has 0 amide bonds. The molecule has 2 N–H and O–H groups in total. The van der Waals surface area contributed by atoms with E-state index in [0.29, 0.717) is 11.6 Å². The van der Waals surface area contributed by atoms with E-state index in [4.69, 9.17) is 9.84 Å². The number of alkyl halides is 3. The second-order valence-electron chi connectivity index (χ2n) is 6.05. The van der Waals surface area contributed by atoms with Crippen molar-refractivity contribution in [2.75, 3.05) is 11.8 Å². The molecule has 0 spiro atoms. The van der Waals surface area contributed by atoms with Crippen LogP contribution in [0.15, 0.2) is 58.1 Å². The number of hydrogen-bond acceptors (Lipinski definition) is 5. The number of benzene rings is 2. The lowest BCUT2D eigenvalue weighted by molar-refractivity contribution is -0.137. The van der Waals surface area contributed by atoms with Crippen molar-refractivity contribution in [3.05, 3.63) is 64.4 Å². The fourth-order valence-corrected chi connectivity index (χ4v) is 4.62. The van der Waals surface area contributed by atoms with Gasteiger partial charge in [0.05, 0.1) is 23.9 Å². The minimum atomic E-state index is -4.69. The van der Waals surface area contributed by atoms with Crippen molar-refractivity contribution in [3.8, 4) is 16.9 Å². The first kappa shape index (κ1) is 21.7. The molecule has 1 heterocycles. The predicted molar refractivity (Wildman–Crippen MR) is 106 cm³/mol. The van der Waals surface area contributed by atoms with E-state index in [9.17, 15) is 26.4 Å². The van der Waals surface area contributed by atoms with Crippen molar-refractivity contribution in [1.82, 2.24) is 0 Å². The maximum Gasteiger partial charge on any atom is 0.416 e. The van der Waals surface area contributed by atoms with E-state index in [-0.39, 0.29) is 22.6 Å². The normalized spacial score (nSPS) is 11.9. The number of carboxylic acid groups (broad SMARTS) is 1. The zero-order valence-corrected chi connectivity index (χ0v) is 16.9. The number of thiophene rings is 1. The first-order valence-corrected chi connectivity index (χ1v) is 10.6. The largest absolute Gasteiger partial charge is 0.495 e. The van der Waals surface area contributed by atoms with Crippen molar-refractivity contribution in [2.45, 2.75) is 11.1 Å². The van der Waals surface area contributed by atoms with Gasteiger partial charge in [0.2, 0.25) is 0 Å². The third-order valence-corrected chi connectivity index (χ3v) is 6.19. The molecule has 0 aliphatic rings. The first-order chi connectivity index (χ1) is 14.0. The lowest BCUT2D eigenvalue weighted by atomic mass is 10.0. The Kier molecular flexibility index (Phi) is 5.77. The minimum Gasteiger partial charge on any atom is -0.495 e. The highest BCUT2D eigenvalue weighted by Gasteiger charge is 2.32. The summed E-state index contributed by atoms with van der Waals surface area (Å²) in [5, 5.41) is 12.5. The van der Waals surface area contributed by atoms with Crippen LogP contribution in [0.3, 0.4) is 0 Å². The molecule has 6 nitrogen and oxygen atoms in total. The van der Waals surface area contributed by atoms with Gasteiger partial charge in [-0.2, -0.15) is 24.5 Å². The van der Waals surface area contributed by atoms with Crippen LogP contribution in [0, 0.1) is 0 Å². The molecule has 0 radical (unpaired) electrons. The van der Waals surface area contributed by atoms with Gasteiger partial charge in [0.15, 0.2) is 0 Å². The molecule has 0 aliphatic heterocycles. The molecule has 158 valence electrons. The maximum absolute atomic E-state index is 13.2. The summed E-state index contributed by atoms with van der Waals surface area (Å²) in [4.78, 5) is 10.7. The first-order valence-electron chi connectivity index (χ1n) is 8.21. The second kappa shape index (κ2) is 8.00. The monoisotopic (exact) mass is 457 g/mol. The average molecular weight is 457 g/mol. The van der Waals surface area contributed by atoms with Crippen molar-refractivity contribution < 1.29 is 36.2 Å². The highest BCUT2D eigenvalue weighted by atomic mass is 32.2. The van der Waals surface area contributed by atoms with Crippen LogP contribution in [0.25, 0.3) is 11.1 Å². The van der Waals surface area contributed by atoms with E-state index in [1.165, 1.54) is 24.5 Å². The van der Waals surface area contributed by atoms with Crippen molar-refractivity contribution in [2.24, 2.45) is 0 Å². The van der Waals surface area contributed by atoms with Gasteiger partial charge in [0.1, 0.15) is 10.6 Å². The molecule has 1 aromatic heterocycles. The summed E-state index contributed by atoms with van der Waals surface area (Å²) < 4.78 is 72.7. The minimum absolute atomic E-state index is 0.156. The molecule has 30 heavy (non-hydrogen) atoms. The Hall–Kier alpha value is -3.05. The van der Waals surface area contributed by atoms with Gasteiger partial charge in [0, 0.05) is 5.56 Å². The smallest absolute Gasteiger partial charge is 0.416 e. The van der Waals surface area contributed by atoms with Crippen LogP contribution >= 0.6 is 11.3 Å². The Bertz CT molecular complexity index is 1190. The van der Waals surface area contributed by atoms with E-state index < -0.39 is 32.6 Å². The standard InChI is InChI=1S/C19H14F3NO5S2/c1-28-16-5-2-11(18(24)25)8-17(16)30(26,27)23-15-9-13(19(20,21)22)3-4-14(15)12-6-7-29-10-12/h2-10,23H,1H3,(H,24,25). The fourth-order valence-electron chi connectivity index (χ4n) is 2.69. The summed E-state index contributed by atoms with van der Waals surface area (Å²) in [5.74, 6) is -1.52. The van der Waals surface area contributed by atoms with Gasteiger partial charge in [-0.15, -0.1) is 0 Å². The number of aromatic carboxylic acids is 1. The van der Waals surface area contributed by atoms with Crippen molar-refractivity contribution in [3.63, 3.8) is 0 Å². The third kappa shape index (κ3) is 4.41. The summed E-state index contributed by atoms with van der Waals surface area (Å²) in [6, 6.07) is 7.55. The van der Waals surface area contributed by atoms with Crippen LogP contribution in [0.5, 0.6) is 5.75 Å². The van der Waals surface area contributed by atoms with Gasteiger partial charge in [-0.25, -0.2) is 13.2 Å². The molecule has 0 aliphatic carbocycles. The van der Waals surface area contributed by atoms with Crippen LogP contribution < -0.4 is 9.46 Å². The van der Waals surface area contributed by atoms with Gasteiger partial charge < -0.3 is 9.84 Å². The van der Waals surface area contributed by atoms with E-state index in [2.05, 4.69) is 4.72 Å². The van der Waals surface area contributed by atoms with Crippen LogP contribution in [0.4, 0.5) is 18.9 Å². The number of rotatable bonds is 6. The fraction of sp³-hybridized carbons (Fsp3) is 0.105. The van der Waals surface area contributed by atoms with E-state index >= 15 is 0 Å². The highest BCUT2D eigenvalue weighted by molar-refractivity contribution is 7.92. The number of nitrogens with one attached hydrogen (secondary N) is 1. The molecule has 11 heteroatoms. The Morgan fingerprint density at radius 3 is 2.43 bits per heavy atom. The number of hydrogen-bond donors (Lipinski definition) is 2. The molecule has 0 saturated heterocycles. The second-order valence-corrected chi connectivity index (χ2v) is 8.48. The SMILES string of the molecule is COc1ccc(C(=O)O)cc1S(=O)(=O)Nc1cc(C(F)(F)F)ccc1-c1ccsc1. The molecule has 0 atom stereocenters. The average Bonchev–Trinajstić information content (AvgIpc) is 3.20. The van der Waals surface area contributed by atoms with Crippen molar-refractivity contribution in [1.29, 1.82) is 0 Å². The van der Waals surface area contributed by atoms with Gasteiger partial charge in [-0.3, -0.25) is 4.72 Å². The maximum atomic E-state index is 13.2. The number of carbonyl (C=O) groups is 1. The molecule has 0 unspecified atom stereocenters. The van der Waals surface area contributed by atoms with Crippen LogP contribution in [-0.2, 0) is 16.2 Å². The highest BCUT2D eigenvalue weighted by Crippen LogP contribution is 2.38. The van der Waals surface area contributed by atoms with Gasteiger partial charge in [0.25, 0.3) is 10.0 Å². The number of halogens is 3. The topological polar surface area (TPSA) is 92.7 Å². The zero-order chi connectivity index (χ0) is 22.1. The zero-order valence-electron chi connectivity index (χ0n) is 15.2. The summed E-state index contributed by atoms with van der Waals surface area (Å²) in [6.45, 7) is 0. The Morgan fingerprint density at radius 1 is 1.13 bits per heavy atom. The Labute approximate surface area is 173 Å². The summed E-state index contributed by atoms with van der Waals surface area (Å²) in [6.07, 6.45) is -4.69. The van der Waals surface area contributed by atoms with E-state index in [1.807, 2.05) is 0 Å². The summed E-state index contributed by atoms with van der Waals surface area (Å²) in [7, 11) is -3.30. The lowest BCUT2D eigenvalue weighted by Gasteiger charge is -2.16. The van der Waals surface area contributed by atoms with Gasteiger partial charge >= 0.3 is 12.1 Å². The van der Waals surface area contributed by atoms with Gasteiger partial charge in [-0.1, -0.05) is 6.07 Å². The van der Waals surface area contributed by atoms with Gasteiger partial charge in [-0.05, 0) is 52.7 Å². The predicted octanol–water partition coefficient (Wildman–Crippen LogP) is 4.94. The summed E-state index contributed by atoms with van der Waals surface area (Å²) in [5.41, 5.74) is -0.895. The molecular formula is C19H14F3NO5S2. The molecule has 0 saturated carbocycles. The third-order valence-electron chi connectivity index (χ3n) is 4.12. The molecule has 2 aromatic carbocycles. The Morgan fingerprint density at radius 2 is 1.87 bits per heavy atom. The number of sulfonamides is 1. The molecule has 3 aromatic rings. The van der Waals surface area contributed by atoms with Crippen LogP contribution in [0.2, 0.25) is 0 Å². The molecule has 0 fully saturated rings. The molecular weight excluding hydrogens is 443 g/mol. The Balaban J connectivity index is 2.15. The lowest BCUT2D eigenvalue weighted by Crippen LogP contribution is -2.16. The number of methoxy groups -OCH3 is 1. The molecule has 3 rings (SSSR count). The number of anilines is 1. The van der Waals surface area contributed by atoms with Crippen molar-refractivity contribution >= 4 is 33.0 Å². The summed E-state index contributed by atoms with van der Waals surface area (Å²) >= 11 is 1.29. The van der Waals surface area contributed by atoms with E-state index in [1.54, 1.807) is 16.8 Å². The van der Waals surface area contributed by atoms with E-state index in [0.717, 1.165) is 24.3 Å². The quantitative estimate of drug-likeness (QED) is 0.547. The number of ether oxygens (including phenoxy) is 1. The molecule has 0 bridgehead atoms.